The van der Waals surface area contributed by atoms with Gasteiger partial charge in [0.05, 0.1) is 11.0 Å². The Bertz CT molecular complexity index is 556. The first-order valence-corrected chi connectivity index (χ1v) is 4.80. The fourth-order valence-corrected chi connectivity index (χ4v) is 1.58. The third-order valence-electron chi connectivity index (χ3n) is 2.30. The number of para-hydroxylation sites is 2. The molecule has 0 saturated carbocycles. The van der Waals surface area contributed by atoms with Gasteiger partial charge in [-0.25, -0.2) is 4.98 Å². The Morgan fingerprint density at radius 3 is 2.50 bits per heavy atom. The molecule has 0 aliphatic rings. The largest absolute Gasteiger partial charge is 0.337 e. The Kier molecular flexibility index (Phi) is 3.11. The number of aromatic nitrogens is 3. The SMILES string of the molecule is [Zn].c1ccc(-c2nc3ccccc3[nH]2)nc1. The van der Waals surface area contributed by atoms with Crippen LogP contribution >= 0.6 is 0 Å². The van der Waals surface area contributed by atoms with Crippen LogP contribution in [0, 0.1) is 0 Å². The quantitative estimate of drug-likeness (QED) is 0.684. The van der Waals surface area contributed by atoms with Crippen LogP contribution in [0.25, 0.3) is 22.6 Å². The topological polar surface area (TPSA) is 41.6 Å². The van der Waals surface area contributed by atoms with Crippen LogP contribution in [0.4, 0.5) is 0 Å². The maximum absolute atomic E-state index is 4.46. The van der Waals surface area contributed by atoms with Crippen LogP contribution in [0.5, 0.6) is 0 Å². The van der Waals surface area contributed by atoms with E-state index in [9.17, 15) is 0 Å². The van der Waals surface area contributed by atoms with Crippen molar-refractivity contribution in [3.63, 3.8) is 0 Å². The second-order valence-corrected chi connectivity index (χ2v) is 3.32. The Morgan fingerprint density at radius 2 is 1.75 bits per heavy atom. The van der Waals surface area contributed by atoms with Gasteiger partial charge in [0.2, 0.25) is 0 Å². The third kappa shape index (κ3) is 1.89. The number of nitrogens with one attached hydrogen (secondary N) is 1. The molecule has 16 heavy (non-hydrogen) atoms. The average molecular weight is 261 g/mol. The normalized spacial score (nSPS) is 10.0. The first-order chi connectivity index (χ1) is 7.43. The van der Waals surface area contributed by atoms with Crippen molar-refractivity contribution in [2.24, 2.45) is 0 Å². The van der Waals surface area contributed by atoms with Crippen molar-refractivity contribution in [2.45, 2.75) is 0 Å². The summed E-state index contributed by atoms with van der Waals surface area (Å²) in [5, 5.41) is 0. The van der Waals surface area contributed by atoms with Crippen LogP contribution in [-0.2, 0) is 19.5 Å². The van der Waals surface area contributed by atoms with Crippen LogP contribution in [-0.4, -0.2) is 15.0 Å². The fourth-order valence-electron chi connectivity index (χ4n) is 1.58. The number of imidazole rings is 1. The van der Waals surface area contributed by atoms with E-state index in [0.29, 0.717) is 0 Å². The number of aromatic amines is 1. The van der Waals surface area contributed by atoms with E-state index in [1.54, 1.807) is 6.20 Å². The summed E-state index contributed by atoms with van der Waals surface area (Å²) in [6.45, 7) is 0. The standard InChI is InChI=1S/C12H9N3.Zn/c1-2-6-10-9(5-1)14-12(15-10)11-7-3-4-8-13-11;/h1-8H,(H,14,15);. The molecule has 1 N–H and O–H groups in total. The van der Waals surface area contributed by atoms with Gasteiger partial charge in [-0.1, -0.05) is 18.2 Å². The molecule has 74 valence electrons. The van der Waals surface area contributed by atoms with Gasteiger partial charge in [0.25, 0.3) is 0 Å². The van der Waals surface area contributed by atoms with Gasteiger partial charge in [-0.15, -0.1) is 0 Å². The monoisotopic (exact) mass is 259 g/mol. The molecule has 3 aromatic rings. The van der Waals surface area contributed by atoms with Gasteiger partial charge in [-0.3, -0.25) is 4.98 Å². The van der Waals surface area contributed by atoms with Gasteiger partial charge in [0, 0.05) is 25.7 Å². The molecular weight excluding hydrogens is 252 g/mol. The summed E-state index contributed by atoms with van der Waals surface area (Å²) in [5.41, 5.74) is 2.88. The van der Waals surface area contributed by atoms with E-state index in [1.807, 2.05) is 42.5 Å². The van der Waals surface area contributed by atoms with E-state index >= 15 is 0 Å². The number of rotatable bonds is 1. The first kappa shape index (κ1) is 11.0. The average Bonchev–Trinajstić information content (AvgIpc) is 2.74. The number of hydrogen-bond acceptors (Lipinski definition) is 2. The molecule has 2 aromatic heterocycles. The van der Waals surface area contributed by atoms with Gasteiger partial charge >= 0.3 is 0 Å². The second kappa shape index (κ2) is 4.54. The molecular formula is C12H9N3Zn. The smallest absolute Gasteiger partial charge is 0.157 e. The molecule has 0 unspecified atom stereocenters. The summed E-state index contributed by atoms with van der Waals surface area (Å²) >= 11 is 0. The number of fused-ring (bicyclic) bond motifs is 1. The predicted octanol–water partition coefficient (Wildman–Crippen LogP) is 2.62. The molecule has 1 aromatic carbocycles. The van der Waals surface area contributed by atoms with Gasteiger partial charge in [0.15, 0.2) is 5.82 Å². The molecule has 0 bridgehead atoms. The van der Waals surface area contributed by atoms with Crippen LogP contribution in [0.3, 0.4) is 0 Å². The van der Waals surface area contributed by atoms with Crippen molar-refractivity contribution in [1.82, 2.24) is 15.0 Å². The molecule has 0 fully saturated rings. The zero-order valence-corrected chi connectivity index (χ0v) is 11.7. The van der Waals surface area contributed by atoms with Crippen molar-refractivity contribution in [3.05, 3.63) is 48.7 Å². The number of nitrogens with zero attached hydrogens (tertiary/aromatic N) is 2. The Labute approximate surface area is 106 Å². The zero-order chi connectivity index (χ0) is 10.1. The summed E-state index contributed by atoms with van der Waals surface area (Å²) in [4.78, 5) is 12.0. The maximum Gasteiger partial charge on any atom is 0.157 e. The van der Waals surface area contributed by atoms with Gasteiger partial charge in [-0.2, -0.15) is 0 Å². The molecule has 0 aliphatic heterocycles. The van der Waals surface area contributed by atoms with Crippen LogP contribution in [0.1, 0.15) is 0 Å². The first-order valence-electron chi connectivity index (χ1n) is 4.80. The number of H-pyrrole nitrogens is 1. The summed E-state index contributed by atoms with van der Waals surface area (Å²) in [5.74, 6) is 0.816. The minimum Gasteiger partial charge on any atom is -0.337 e. The Morgan fingerprint density at radius 1 is 0.938 bits per heavy atom. The minimum atomic E-state index is 0. The molecule has 2 heterocycles. The van der Waals surface area contributed by atoms with Gasteiger partial charge in [0.1, 0.15) is 5.69 Å². The maximum atomic E-state index is 4.46. The summed E-state index contributed by atoms with van der Waals surface area (Å²) < 4.78 is 0. The molecule has 0 radical (unpaired) electrons. The van der Waals surface area contributed by atoms with E-state index in [-0.39, 0.29) is 19.5 Å². The van der Waals surface area contributed by atoms with Crippen LogP contribution in [0.15, 0.2) is 48.7 Å². The van der Waals surface area contributed by atoms with Gasteiger partial charge < -0.3 is 4.98 Å². The van der Waals surface area contributed by atoms with E-state index in [0.717, 1.165) is 22.6 Å². The minimum absolute atomic E-state index is 0. The zero-order valence-electron chi connectivity index (χ0n) is 8.72. The van der Waals surface area contributed by atoms with Crippen LogP contribution < -0.4 is 0 Å². The van der Waals surface area contributed by atoms with E-state index in [4.69, 9.17) is 0 Å². The van der Waals surface area contributed by atoms with E-state index < -0.39 is 0 Å². The predicted molar refractivity (Wildman–Crippen MR) is 59.3 cm³/mol. The Balaban J connectivity index is 0.000000963. The van der Waals surface area contributed by atoms with Crippen molar-refractivity contribution in [1.29, 1.82) is 0 Å². The molecule has 0 saturated heterocycles. The molecule has 0 amide bonds. The third-order valence-corrected chi connectivity index (χ3v) is 2.30. The van der Waals surface area contributed by atoms with Crippen molar-refractivity contribution < 1.29 is 19.5 Å². The fraction of sp³-hybridized carbons (Fsp3) is 0. The van der Waals surface area contributed by atoms with Crippen LogP contribution in [0.2, 0.25) is 0 Å². The molecule has 3 rings (SSSR count). The summed E-state index contributed by atoms with van der Waals surface area (Å²) in [7, 11) is 0. The molecule has 0 atom stereocenters. The number of hydrogen-bond donors (Lipinski definition) is 1. The summed E-state index contributed by atoms with van der Waals surface area (Å²) in [6.07, 6.45) is 1.77. The second-order valence-electron chi connectivity index (χ2n) is 3.32. The molecule has 3 nitrogen and oxygen atoms in total. The van der Waals surface area contributed by atoms with Crippen molar-refractivity contribution >= 4 is 11.0 Å². The van der Waals surface area contributed by atoms with Crippen molar-refractivity contribution in [3.8, 4) is 11.5 Å². The van der Waals surface area contributed by atoms with Gasteiger partial charge in [-0.05, 0) is 24.3 Å². The Hall–Kier alpha value is -1.54. The summed E-state index contributed by atoms with van der Waals surface area (Å²) in [6, 6.07) is 13.8. The molecule has 0 spiro atoms. The molecule has 0 aliphatic carbocycles. The number of pyridine rings is 1. The van der Waals surface area contributed by atoms with E-state index in [2.05, 4.69) is 15.0 Å². The number of benzene rings is 1. The van der Waals surface area contributed by atoms with E-state index in [1.165, 1.54) is 0 Å². The van der Waals surface area contributed by atoms with Crippen molar-refractivity contribution in [2.75, 3.05) is 0 Å². The molecule has 4 heteroatoms.